The molecule has 0 saturated carbocycles. The number of benzene rings is 1. The van der Waals surface area contributed by atoms with Crippen LogP contribution < -0.4 is 5.69 Å². The van der Waals surface area contributed by atoms with E-state index in [-0.39, 0.29) is 11.2 Å². The fraction of sp³-hybridized carbons (Fsp3) is 0.296. The Morgan fingerprint density at radius 3 is 2.47 bits per heavy atom. The first-order valence-electron chi connectivity index (χ1n) is 12.1. The lowest BCUT2D eigenvalue weighted by Gasteiger charge is -2.24. The Morgan fingerprint density at radius 1 is 1.00 bits per heavy atom. The summed E-state index contributed by atoms with van der Waals surface area (Å²) < 4.78 is 5.72. The summed E-state index contributed by atoms with van der Waals surface area (Å²) in [5.74, 6) is 1.40. The van der Waals surface area contributed by atoms with Crippen LogP contribution in [0.2, 0.25) is 0 Å². The van der Waals surface area contributed by atoms with Crippen molar-refractivity contribution < 1.29 is 0 Å². The summed E-state index contributed by atoms with van der Waals surface area (Å²) in [5, 5.41) is 14.4. The summed E-state index contributed by atoms with van der Waals surface area (Å²) in [7, 11) is 0. The zero-order valence-corrected chi connectivity index (χ0v) is 21.0. The quantitative estimate of drug-likeness (QED) is 0.370. The van der Waals surface area contributed by atoms with Crippen LogP contribution in [0, 0.1) is 0 Å². The molecule has 0 saturated heterocycles. The number of nitrogens with zero attached hydrogens (tertiary/aromatic N) is 7. The number of aromatic nitrogens is 8. The average Bonchev–Trinajstić information content (AvgIpc) is 3.62. The molecule has 0 unspecified atom stereocenters. The summed E-state index contributed by atoms with van der Waals surface area (Å²) in [4.78, 5) is 18.3. The molecule has 0 radical (unpaired) electrons. The van der Waals surface area contributed by atoms with Gasteiger partial charge in [-0.3, -0.25) is 14.1 Å². The molecule has 36 heavy (non-hydrogen) atoms. The second-order valence-electron chi connectivity index (χ2n) is 9.84. The SMILES string of the molecule is CCCc1cn(-c2cccn2C(C)(C)C)c(=O)n1Cc1ccc(-c2ccccc2-c2nn[nH]n2)cn1. The molecule has 0 amide bonds. The maximum Gasteiger partial charge on any atom is 0.334 e. The highest BCUT2D eigenvalue weighted by molar-refractivity contribution is 5.79. The topological polar surface area (TPSA) is 99.2 Å². The van der Waals surface area contributed by atoms with E-state index < -0.39 is 0 Å². The highest BCUT2D eigenvalue weighted by Crippen LogP contribution is 2.29. The summed E-state index contributed by atoms with van der Waals surface area (Å²) in [5.41, 5.74) is 4.41. The molecule has 0 bridgehead atoms. The normalized spacial score (nSPS) is 11.8. The fourth-order valence-corrected chi connectivity index (χ4v) is 4.50. The molecule has 4 heterocycles. The Balaban J connectivity index is 1.48. The summed E-state index contributed by atoms with van der Waals surface area (Å²) in [6, 6.07) is 15.8. The van der Waals surface area contributed by atoms with Gasteiger partial charge in [-0.15, -0.1) is 10.2 Å². The number of imidazole rings is 1. The van der Waals surface area contributed by atoms with E-state index in [1.165, 1.54) is 0 Å². The third-order valence-corrected chi connectivity index (χ3v) is 6.23. The van der Waals surface area contributed by atoms with Crippen LogP contribution in [0.4, 0.5) is 0 Å². The molecule has 4 aromatic heterocycles. The van der Waals surface area contributed by atoms with Crippen molar-refractivity contribution in [3.05, 3.63) is 89.0 Å². The maximum atomic E-state index is 13.6. The van der Waals surface area contributed by atoms with Crippen LogP contribution in [-0.4, -0.2) is 39.3 Å². The van der Waals surface area contributed by atoms with Crippen molar-refractivity contribution in [3.63, 3.8) is 0 Å². The predicted octanol–water partition coefficient (Wildman–Crippen LogP) is 4.44. The zero-order chi connectivity index (χ0) is 25.3. The number of rotatable bonds is 7. The van der Waals surface area contributed by atoms with E-state index in [2.05, 4.69) is 52.9 Å². The van der Waals surface area contributed by atoms with Crippen molar-refractivity contribution >= 4 is 0 Å². The Kier molecular flexibility index (Phi) is 6.13. The van der Waals surface area contributed by atoms with Gasteiger partial charge in [0, 0.05) is 41.0 Å². The number of aryl methyl sites for hydroxylation is 1. The second kappa shape index (κ2) is 9.41. The predicted molar refractivity (Wildman–Crippen MR) is 139 cm³/mol. The first-order valence-corrected chi connectivity index (χ1v) is 12.1. The first-order chi connectivity index (χ1) is 17.4. The second-order valence-corrected chi connectivity index (χ2v) is 9.84. The first kappa shape index (κ1) is 23.5. The Labute approximate surface area is 209 Å². The number of aromatic amines is 1. The largest absolute Gasteiger partial charge is 0.334 e. The van der Waals surface area contributed by atoms with Crippen LogP contribution in [0.5, 0.6) is 0 Å². The van der Waals surface area contributed by atoms with Crippen molar-refractivity contribution in [1.29, 1.82) is 0 Å². The molecule has 9 heteroatoms. The van der Waals surface area contributed by atoms with E-state index in [4.69, 9.17) is 4.98 Å². The van der Waals surface area contributed by atoms with Gasteiger partial charge >= 0.3 is 5.69 Å². The van der Waals surface area contributed by atoms with Crippen molar-refractivity contribution in [1.82, 2.24) is 39.3 Å². The van der Waals surface area contributed by atoms with Gasteiger partial charge in [0.2, 0.25) is 5.82 Å². The lowest BCUT2D eigenvalue weighted by atomic mass is 10.0. The Morgan fingerprint density at radius 2 is 1.81 bits per heavy atom. The number of tetrazole rings is 1. The van der Waals surface area contributed by atoms with Gasteiger partial charge in [-0.05, 0) is 56.2 Å². The summed E-state index contributed by atoms with van der Waals surface area (Å²) in [6.45, 7) is 8.93. The lowest BCUT2D eigenvalue weighted by molar-refractivity contribution is 0.393. The van der Waals surface area contributed by atoms with E-state index >= 15 is 0 Å². The molecule has 5 aromatic rings. The highest BCUT2D eigenvalue weighted by atomic mass is 16.1. The van der Waals surface area contributed by atoms with E-state index in [0.29, 0.717) is 12.4 Å². The van der Waals surface area contributed by atoms with Crippen LogP contribution in [0.3, 0.4) is 0 Å². The summed E-state index contributed by atoms with van der Waals surface area (Å²) in [6.07, 6.45) is 7.59. The molecule has 0 fully saturated rings. The standard InChI is InChI=1S/C27H30N8O/c1-5-9-21-18-34(24-12-8-15-35(24)27(2,3)4)26(36)33(21)17-20-14-13-19(16-28-20)22-10-6-7-11-23(22)25-29-31-32-30-25/h6-8,10-16,18H,5,9,17H2,1-4H3,(H,29,30,31,32). The van der Waals surface area contributed by atoms with Gasteiger partial charge in [0.05, 0.1) is 12.2 Å². The molecule has 184 valence electrons. The van der Waals surface area contributed by atoms with Gasteiger partial charge < -0.3 is 4.57 Å². The van der Waals surface area contributed by atoms with E-state index in [1.807, 2.05) is 71.7 Å². The van der Waals surface area contributed by atoms with Gasteiger partial charge in [-0.2, -0.15) is 5.21 Å². The zero-order valence-electron chi connectivity index (χ0n) is 21.0. The third kappa shape index (κ3) is 4.39. The van der Waals surface area contributed by atoms with Crippen molar-refractivity contribution in [2.75, 3.05) is 0 Å². The maximum absolute atomic E-state index is 13.6. The molecular formula is C27H30N8O. The van der Waals surface area contributed by atoms with Gasteiger partial charge in [0.15, 0.2) is 0 Å². The van der Waals surface area contributed by atoms with E-state index in [0.717, 1.165) is 46.7 Å². The molecule has 9 nitrogen and oxygen atoms in total. The minimum absolute atomic E-state index is 0.0593. The molecular weight excluding hydrogens is 452 g/mol. The number of hydrogen-bond donors (Lipinski definition) is 1. The Hall–Kier alpha value is -4.27. The van der Waals surface area contributed by atoms with Crippen molar-refractivity contribution in [3.8, 4) is 28.3 Å². The lowest BCUT2D eigenvalue weighted by Crippen LogP contribution is -2.29. The number of nitrogens with one attached hydrogen (secondary N) is 1. The minimum Gasteiger partial charge on any atom is -0.329 e. The van der Waals surface area contributed by atoms with E-state index in [9.17, 15) is 4.79 Å². The van der Waals surface area contributed by atoms with Gasteiger partial charge in [0.25, 0.3) is 0 Å². The minimum atomic E-state index is -0.138. The average molecular weight is 483 g/mol. The van der Waals surface area contributed by atoms with Crippen molar-refractivity contribution in [2.24, 2.45) is 0 Å². The van der Waals surface area contributed by atoms with Gasteiger partial charge in [0.1, 0.15) is 5.82 Å². The van der Waals surface area contributed by atoms with Gasteiger partial charge in [-0.1, -0.05) is 43.7 Å². The molecule has 1 N–H and O–H groups in total. The van der Waals surface area contributed by atoms with Crippen LogP contribution in [-0.2, 0) is 18.5 Å². The van der Waals surface area contributed by atoms with Crippen LogP contribution in [0.25, 0.3) is 28.3 Å². The molecule has 0 atom stereocenters. The summed E-state index contributed by atoms with van der Waals surface area (Å²) >= 11 is 0. The molecule has 0 aliphatic heterocycles. The third-order valence-electron chi connectivity index (χ3n) is 6.23. The van der Waals surface area contributed by atoms with Crippen molar-refractivity contribution in [2.45, 2.75) is 52.6 Å². The molecule has 1 aromatic carbocycles. The molecule has 0 spiro atoms. The smallest absolute Gasteiger partial charge is 0.329 e. The number of H-pyrrole nitrogens is 1. The van der Waals surface area contributed by atoms with Gasteiger partial charge in [-0.25, -0.2) is 4.79 Å². The molecule has 0 aliphatic rings. The highest BCUT2D eigenvalue weighted by Gasteiger charge is 2.20. The van der Waals surface area contributed by atoms with Crippen LogP contribution in [0.15, 0.2) is 71.9 Å². The fourth-order valence-electron chi connectivity index (χ4n) is 4.50. The van der Waals surface area contributed by atoms with Crippen LogP contribution >= 0.6 is 0 Å². The van der Waals surface area contributed by atoms with E-state index in [1.54, 1.807) is 4.57 Å². The van der Waals surface area contributed by atoms with Crippen LogP contribution in [0.1, 0.15) is 45.5 Å². The Bertz CT molecular complexity index is 1520. The number of pyridine rings is 1. The molecule has 0 aliphatic carbocycles. The molecule has 5 rings (SSSR count). The number of hydrogen-bond acceptors (Lipinski definition) is 5. The monoisotopic (exact) mass is 482 g/mol.